The number of hydrogen-bond acceptors (Lipinski definition) is 5. The van der Waals surface area contributed by atoms with Crippen molar-refractivity contribution >= 4 is 0 Å². The number of para-hydroxylation sites is 1. The van der Waals surface area contributed by atoms with Crippen molar-refractivity contribution in [2.75, 3.05) is 13.2 Å². The lowest BCUT2D eigenvalue weighted by Gasteiger charge is -2.26. The van der Waals surface area contributed by atoms with E-state index in [1.807, 2.05) is 30.3 Å². The van der Waals surface area contributed by atoms with Crippen LogP contribution < -0.4 is 14.8 Å². The zero-order valence-electron chi connectivity index (χ0n) is 12.0. The van der Waals surface area contributed by atoms with Crippen LogP contribution in [0.25, 0.3) is 0 Å². The molecular weight excluding hydrogens is 268 g/mol. The third-order valence-electron chi connectivity index (χ3n) is 3.55. The second kappa shape index (κ2) is 7.13. The molecule has 1 aromatic heterocycles. The summed E-state index contributed by atoms with van der Waals surface area (Å²) in [4.78, 5) is 0. The standard InChI is InChI=1S/C16H20N2O3/c1-2-7-14(8-3-1)20-12-15-11-16(18-21-15)19-10-9-17-13-5-4-6-13/h1-3,7-8,11,13,17H,4-6,9-10,12H2. The van der Waals surface area contributed by atoms with Gasteiger partial charge in [0.2, 0.25) is 0 Å². The first-order chi connectivity index (χ1) is 10.4. The Kier molecular flexibility index (Phi) is 4.74. The van der Waals surface area contributed by atoms with Gasteiger partial charge in [0.05, 0.1) is 0 Å². The molecule has 1 saturated carbocycles. The summed E-state index contributed by atoms with van der Waals surface area (Å²) in [5, 5.41) is 7.31. The Morgan fingerprint density at radius 3 is 2.81 bits per heavy atom. The topological polar surface area (TPSA) is 56.5 Å². The van der Waals surface area contributed by atoms with Crippen LogP contribution in [0.15, 0.2) is 40.9 Å². The molecule has 0 bridgehead atoms. The lowest BCUT2D eigenvalue weighted by molar-refractivity contribution is 0.234. The zero-order valence-corrected chi connectivity index (χ0v) is 12.0. The van der Waals surface area contributed by atoms with Gasteiger partial charge < -0.3 is 19.3 Å². The van der Waals surface area contributed by atoms with Crippen molar-refractivity contribution in [2.24, 2.45) is 0 Å². The van der Waals surface area contributed by atoms with E-state index < -0.39 is 0 Å². The number of hydrogen-bond donors (Lipinski definition) is 1. The average molecular weight is 288 g/mol. The van der Waals surface area contributed by atoms with E-state index in [0.717, 1.165) is 12.3 Å². The molecule has 0 unspecified atom stereocenters. The monoisotopic (exact) mass is 288 g/mol. The van der Waals surface area contributed by atoms with Crippen LogP contribution >= 0.6 is 0 Å². The Morgan fingerprint density at radius 2 is 2.05 bits per heavy atom. The van der Waals surface area contributed by atoms with Crippen LogP contribution in [0.3, 0.4) is 0 Å². The molecule has 112 valence electrons. The highest BCUT2D eigenvalue weighted by molar-refractivity contribution is 5.21. The van der Waals surface area contributed by atoms with Crippen molar-refractivity contribution in [3.8, 4) is 11.6 Å². The predicted octanol–water partition coefficient (Wildman–Crippen LogP) is 2.77. The van der Waals surface area contributed by atoms with E-state index in [1.54, 1.807) is 6.07 Å². The highest BCUT2D eigenvalue weighted by Gasteiger charge is 2.15. The summed E-state index contributed by atoms with van der Waals surface area (Å²) in [7, 11) is 0. The molecule has 0 radical (unpaired) electrons. The first kappa shape index (κ1) is 13.9. The molecule has 0 saturated heterocycles. The number of nitrogens with one attached hydrogen (secondary N) is 1. The molecule has 0 spiro atoms. The summed E-state index contributed by atoms with van der Waals surface area (Å²) in [5.41, 5.74) is 0. The minimum atomic E-state index is 0.348. The van der Waals surface area contributed by atoms with Crippen molar-refractivity contribution in [2.45, 2.75) is 31.9 Å². The Bertz CT molecular complexity index is 537. The smallest absolute Gasteiger partial charge is 0.254 e. The molecule has 1 N–H and O–H groups in total. The maximum Gasteiger partial charge on any atom is 0.254 e. The molecule has 0 amide bonds. The van der Waals surface area contributed by atoms with E-state index in [4.69, 9.17) is 14.0 Å². The summed E-state index contributed by atoms with van der Waals surface area (Å²) in [6.07, 6.45) is 3.91. The van der Waals surface area contributed by atoms with Gasteiger partial charge in [0, 0.05) is 18.7 Å². The minimum absolute atomic E-state index is 0.348. The summed E-state index contributed by atoms with van der Waals surface area (Å²) in [6.45, 7) is 1.79. The van der Waals surface area contributed by atoms with Gasteiger partial charge in [-0.15, -0.1) is 0 Å². The van der Waals surface area contributed by atoms with Gasteiger partial charge in [-0.2, -0.15) is 0 Å². The first-order valence-electron chi connectivity index (χ1n) is 7.40. The molecule has 1 aliphatic rings. The molecule has 1 heterocycles. The average Bonchev–Trinajstić information content (AvgIpc) is 2.92. The van der Waals surface area contributed by atoms with Crippen LogP contribution in [0.4, 0.5) is 0 Å². The van der Waals surface area contributed by atoms with Crippen LogP contribution in [0, 0.1) is 0 Å². The molecule has 5 nitrogen and oxygen atoms in total. The van der Waals surface area contributed by atoms with Gasteiger partial charge in [0.1, 0.15) is 19.0 Å². The first-order valence-corrected chi connectivity index (χ1v) is 7.40. The molecule has 0 aliphatic heterocycles. The van der Waals surface area contributed by atoms with Crippen LogP contribution in [0.5, 0.6) is 11.6 Å². The summed E-state index contributed by atoms with van der Waals surface area (Å²) in [5.74, 6) is 1.97. The SMILES string of the molecule is c1ccc(OCc2cc(OCCNC3CCC3)no2)cc1. The highest BCUT2D eigenvalue weighted by atomic mass is 16.5. The van der Waals surface area contributed by atoms with E-state index in [2.05, 4.69) is 10.5 Å². The second-order valence-corrected chi connectivity index (χ2v) is 5.16. The van der Waals surface area contributed by atoms with Crippen molar-refractivity contribution in [1.82, 2.24) is 10.5 Å². The maximum atomic E-state index is 5.58. The fourth-order valence-electron chi connectivity index (χ4n) is 2.13. The van der Waals surface area contributed by atoms with Crippen LogP contribution in [0.2, 0.25) is 0 Å². The summed E-state index contributed by atoms with van der Waals surface area (Å²) >= 11 is 0. The molecule has 1 aliphatic carbocycles. The predicted molar refractivity (Wildman–Crippen MR) is 78.4 cm³/mol. The number of aromatic nitrogens is 1. The minimum Gasteiger partial charge on any atom is -0.486 e. The van der Waals surface area contributed by atoms with E-state index in [9.17, 15) is 0 Å². The molecule has 21 heavy (non-hydrogen) atoms. The van der Waals surface area contributed by atoms with Gasteiger partial charge in [-0.1, -0.05) is 24.6 Å². The molecule has 5 heteroatoms. The molecule has 2 aromatic rings. The lowest BCUT2D eigenvalue weighted by atomic mass is 9.93. The molecule has 0 atom stereocenters. The van der Waals surface area contributed by atoms with Crippen LogP contribution in [-0.2, 0) is 6.61 Å². The largest absolute Gasteiger partial charge is 0.486 e. The van der Waals surface area contributed by atoms with Crippen molar-refractivity contribution < 1.29 is 14.0 Å². The third-order valence-corrected chi connectivity index (χ3v) is 3.55. The van der Waals surface area contributed by atoms with Gasteiger partial charge in [-0.3, -0.25) is 0 Å². The fourth-order valence-corrected chi connectivity index (χ4v) is 2.13. The Balaban J connectivity index is 1.36. The van der Waals surface area contributed by atoms with E-state index in [-0.39, 0.29) is 0 Å². The van der Waals surface area contributed by atoms with Gasteiger partial charge >= 0.3 is 0 Å². The van der Waals surface area contributed by atoms with E-state index >= 15 is 0 Å². The third kappa shape index (κ3) is 4.23. The van der Waals surface area contributed by atoms with Gasteiger partial charge in [-0.25, -0.2) is 0 Å². The van der Waals surface area contributed by atoms with Gasteiger partial charge in [0.15, 0.2) is 5.76 Å². The van der Waals surface area contributed by atoms with Crippen molar-refractivity contribution in [1.29, 1.82) is 0 Å². The number of ether oxygens (including phenoxy) is 2. The number of benzene rings is 1. The number of rotatable bonds is 8. The zero-order chi connectivity index (χ0) is 14.3. The van der Waals surface area contributed by atoms with Crippen LogP contribution in [0.1, 0.15) is 25.0 Å². The molecular formula is C16H20N2O3. The maximum absolute atomic E-state index is 5.58. The summed E-state index contributed by atoms with van der Waals surface area (Å²) < 4.78 is 16.3. The Labute approximate surface area is 124 Å². The number of nitrogens with zero attached hydrogens (tertiary/aromatic N) is 1. The van der Waals surface area contributed by atoms with Crippen LogP contribution in [-0.4, -0.2) is 24.4 Å². The van der Waals surface area contributed by atoms with Crippen molar-refractivity contribution in [3.63, 3.8) is 0 Å². The van der Waals surface area contributed by atoms with E-state index in [1.165, 1.54) is 19.3 Å². The van der Waals surface area contributed by atoms with E-state index in [0.29, 0.717) is 30.9 Å². The van der Waals surface area contributed by atoms with Gasteiger partial charge in [0.25, 0.3) is 5.88 Å². The second-order valence-electron chi connectivity index (χ2n) is 5.16. The lowest BCUT2D eigenvalue weighted by Crippen LogP contribution is -2.37. The van der Waals surface area contributed by atoms with Crippen molar-refractivity contribution in [3.05, 3.63) is 42.2 Å². The molecule has 3 rings (SSSR count). The van der Waals surface area contributed by atoms with Gasteiger partial charge in [-0.05, 0) is 30.1 Å². The highest BCUT2D eigenvalue weighted by Crippen LogP contribution is 2.18. The fraction of sp³-hybridized carbons (Fsp3) is 0.438. The Hall–Kier alpha value is -2.01. The molecule has 1 aromatic carbocycles. The summed E-state index contributed by atoms with van der Waals surface area (Å²) in [6, 6.07) is 12.1. The molecule has 1 fully saturated rings. The quantitative estimate of drug-likeness (QED) is 0.757. The normalized spacial score (nSPS) is 14.7. The Morgan fingerprint density at radius 1 is 1.19 bits per heavy atom.